The van der Waals surface area contributed by atoms with Crippen LogP contribution in [0.5, 0.6) is 0 Å². The summed E-state index contributed by atoms with van der Waals surface area (Å²) >= 11 is 0. The molecule has 7 nitrogen and oxygen atoms in total. The molecule has 0 saturated heterocycles. The van der Waals surface area contributed by atoms with Crippen LogP contribution in [0.4, 0.5) is 0 Å². The highest BCUT2D eigenvalue weighted by atomic mass is 16.5. The first-order valence-corrected chi connectivity index (χ1v) is 5.78. The van der Waals surface area contributed by atoms with E-state index in [-0.39, 0.29) is 6.42 Å². The topological polar surface area (TPSA) is 110 Å². The Kier molecular flexibility index (Phi) is 8.05. The van der Waals surface area contributed by atoms with Gasteiger partial charge in [0.2, 0.25) is 0 Å². The molecule has 0 rings (SSSR count). The fourth-order valence-corrected chi connectivity index (χ4v) is 1.18. The van der Waals surface area contributed by atoms with Gasteiger partial charge in [0.1, 0.15) is 24.9 Å². The second-order valence-corrected chi connectivity index (χ2v) is 4.53. The van der Waals surface area contributed by atoms with Gasteiger partial charge in [-0.05, 0) is 21.0 Å². The third-order valence-corrected chi connectivity index (χ3v) is 2.42. The maximum atomic E-state index is 11.2. The van der Waals surface area contributed by atoms with Gasteiger partial charge in [0.25, 0.3) is 0 Å². The van der Waals surface area contributed by atoms with Crippen LogP contribution in [0.3, 0.4) is 0 Å². The first-order chi connectivity index (χ1) is 8.25. The van der Waals surface area contributed by atoms with Crippen molar-refractivity contribution in [2.24, 2.45) is 0 Å². The quantitative estimate of drug-likeness (QED) is 0.374. The van der Waals surface area contributed by atoms with Gasteiger partial charge >= 0.3 is 5.97 Å². The zero-order chi connectivity index (χ0) is 14.3. The third-order valence-electron chi connectivity index (χ3n) is 2.42. The summed E-state index contributed by atoms with van der Waals surface area (Å²) in [7, 11) is 3.62. The number of rotatable bonds is 8. The number of aliphatic hydroxyl groups excluding tert-OH is 4. The normalized spacial score (nSPS) is 18.2. The molecule has 0 aliphatic heterocycles. The highest BCUT2D eigenvalue weighted by Crippen LogP contribution is 2.05. The minimum Gasteiger partial charge on any atom is -0.463 e. The minimum atomic E-state index is -1.56. The van der Waals surface area contributed by atoms with E-state index < -0.39 is 37.0 Å². The van der Waals surface area contributed by atoms with Crippen molar-refractivity contribution < 1.29 is 30.0 Å². The predicted octanol–water partition coefficient (Wildman–Crippen LogP) is -2.06. The van der Waals surface area contributed by atoms with Crippen molar-refractivity contribution in [1.82, 2.24) is 4.90 Å². The number of carbonyl (C=O) groups excluding carboxylic acids is 1. The van der Waals surface area contributed by atoms with E-state index in [9.17, 15) is 20.1 Å². The fourth-order valence-electron chi connectivity index (χ4n) is 1.18. The van der Waals surface area contributed by atoms with Crippen LogP contribution >= 0.6 is 0 Å². The first kappa shape index (κ1) is 17.3. The fraction of sp³-hybridized carbons (Fsp3) is 0.909. The Morgan fingerprint density at radius 3 is 2.17 bits per heavy atom. The summed E-state index contributed by atoms with van der Waals surface area (Å²) in [5.74, 6) is -0.499. The lowest BCUT2D eigenvalue weighted by molar-refractivity contribution is -0.154. The van der Waals surface area contributed by atoms with Crippen molar-refractivity contribution in [2.75, 3.05) is 27.2 Å². The molecule has 7 heteroatoms. The molecule has 108 valence electrons. The van der Waals surface area contributed by atoms with Gasteiger partial charge in [-0.25, -0.2) is 0 Å². The van der Waals surface area contributed by atoms with E-state index in [4.69, 9.17) is 9.84 Å². The van der Waals surface area contributed by atoms with E-state index in [0.717, 1.165) is 0 Å². The molecular formula is C11H23NO6. The summed E-state index contributed by atoms with van der Waals surface area (Å²) < 4.78 is 4.74. The molecule has 0 bridgehead atoms. The van der Waals surface area contributed by atoms with Gasteiger partial charge in [0.05, 0.1) is 12.5 Å². The van der Waals surface area contributed by atoms with Crippen molar-refractivity contribution in [1.29, 1.82) is 0 Å². The summed E-state index contributed by atoms with van der Waals surface area (Å²) in [6.45, 7) is 1.38. The van der Waals surface area contributed by atoms with Crippen LogP contribution in [0.25, 0.3) is 0 Å². The third kappa shape index (κ3) is 6.87. The molecule has 0 amide bonds. The standard InChI is InChI=1S/C11H23NO6/c1-7(13)10(16)11(17)8(14)6-18-9(15)4-5-12(2)3/h7-8,10-11,13-14,16-17H,4-6H2,1-3H3/t7-,8+,10+,11+/m1/s1. The molecule has 0 aliphatic rings. The highest BCUT2D eigenvalue weighted by molar-refractivity contribution is 5.69. The van der Waals surface area contributed by atoms with E-state index >= 15 is 0 Å². The molecule has 18 heavy (non-hydrogen) atoms. The molecule has 0 unspecified atom stereocenters. The van der Waals surface area contributed by atoms with Gasteiger partial charge in [-0.15, -0.1) is 0 Å². The Balaban J connectivity index is 3.95. The van der Waals surface area contributed by atoms with Crippen molar-refractivity contribution in [3.63, 3.8) is 0 Å². The summed E-state index contributed by atoms with van der Waals surface area (Å²) in [6, 6.07) is 0. The minimum absolute atomic E-state index is 0.175. The smallest absolute Gasteiger partial charge is 0.307 e. The number of hydrogen-bond donors (Lipinski definition) is 4. The summed E-state index contributed by atoms with van der Waals surface area (Å²) in [5, 5.41) is 37.2. The van der Waals surface area contributed by atoms with Gasteiger partial charge in [-0.2, -0.15) is 0 Å². The number of ether oxygens (including phenoxy) is 1. The maximum Gasteiger partial charge on any atom is 0.307 e. The molecule has 0 radical (unpaired) electrons. The van der Waals surface area contributed by atoms with Crippen LogP contribution in [0, 0.1) is 0 Å². The molecule has 0 aromatic rings. The van der Waals surface area contributed by atoms with E-state index in [2.05, 4.69) is 0 Å². The van der Waals surface area contributed by atoms with E-state index in [1.165, 1.54) is 6.92 Å². The Morgan fingerprint density at radius 2 is 1.72 bits per heavy atom. The Hall–Kier alpha value is -0.730. The number of carbonyl (C=O) groups is 1. The molecule has 0 spiro atoms. The highest BCUT2D eigenvalue weighted by Gasteiger charge is 2.28. The van der Waals surface area contributed by atoms with Gasteiger partial charge < -0.3 is 30.1 Å². The number of esters is 1. The number of nitrogens with zero attached hydrogens (tertiary/aromatic N) is 1. The van der Waals surface area contributed by atoms with Crippen LogP contribution in [0.1, 0.15) is 13.3 Å². The summed E-state index contributed by atoms with van der Waals surface area (Å²) in [4.78, 5) is 13.0. The van der Waals surface area contributed by atoms with E-state index in [1.54, 1.807) is 0 Å². The molecule has 0 aromatic carbocycles. The second-order valence-electron chi connectivity index (χ2n) is 4.53. The van der Waals surface area contributed by atoms with Crippen molar-refractivity contribution in [3.05, 3.63) is 0 Å². The first-order valence-electron chi connectivity index (χ1n) is 5.78. The van der Waals surface area contributed by atoms with Crippen LogP contribution in [-0.4, -0.2) is 83.0 Å². The molecule has 0 aliphatic carbocycles. The van der Waals surface area contributed by atoms with E-state index in [1.807, 2.05) is 19.0 Å². The lowest BCUT2D eigenvalue weighted by Crippen LogP contribution is -2.45. The van der Waals surface area contributed by atoms with E-state index in [0.29, 0.717) is 6.54 Å². The average Bonchev–Trinajstić information content (AvgIpc) is 2.31. The van der Waals surface area contributed by atoms with Crippen molar-refractivity contribution in [3.8, 4) is 0 Å². The molecule has 0 heterocycles. The maximum absolute atomic E-state index is 11.2. The van der Waals surface area contributed by atoms with Gasteiger partial charge in [-0.3, -0.25) is 4.79 Å². The SMILES string of the molecule is C[C@@H](O)[C@H](O)[C@@H](O)[C@@H](O)COC(=O)CCN(C)C. The number of aliphatic hydroxyl groups is 4. The summed E-state index contributed by atoms with van der Waals surface area (Å²) in [5.41, 5.74) is 0. The lowest BCUT2D eigenvalue weighted by Gasteiger charge is -2.24. The predicted molar refractivity (Wildman–Crippen MR) is 63.8 cm³/mol. The molecule has 0 fully saturated rings. The molecule has 4 atom stereocenters. The van der Waals surface area contributed by atoms with Crippen LogP contribution in [0.15, 0.2) is 0 Å². The van der Waals surface area contributed by atoms with Gasteiger partial charge in [-0.1, -0.05) is 0 Å². The largest absolute Gasteiger partial charge is 0.463 e. The lowest BCUT2D eigenvalue weighted by atomic mass is 10.0. The molecule has 0 aromatic heterocycles. The Labute approximate surface area is 107 Å². The Bertz CT molecular complexity index is 246. The second kappa shape index (κ2) is 8.39. The summed E-state index contributed by atoms with van der Waals surface area (Å²) in [6.07, 6.45) is -5.49. The van der Waals surface area contributed by atoms with Crippen LogP contribution in [-0.2, 0) is 9.53 Å². The monoisotopic (exact) mass is 265 g/mol. The van der Waals surface area contributed by atoms with Crippen LogP contribution < -0.4 is 0 Å². The van der Waals surface area contributed by atoms with Gasteiger partial charge in [0.15, 0.2) is 0 Å². The molecule has 4 N–H and O–H groups in total. The molecular weight excluding hydrogens is 242 g/mol. The average molecular weight is 265 g/mol. The van der Waals surface area contributed by atoms with Crippen LogP contribution in [0.2, 0.25) is 0 Å². The van der Waals surface area contributed by atoms with Crippen molar-refractivity contribution >= 4 is 5.97 Å². The molecule has 0 saturated carbocycles. The zero-order valence-corrected chi connectivity index (χ0v) is 11.0. The van der Waals surface area contributed by atoms with Crippen molar-refractivity contribution in [2.45, 2.75) is 37.8 Å². The number of hydrogen-bond acceptors (Lipinski definition) is 7. The Morgan fingerprint density at radius 1 is 1.17 bits per heavy atom. The zero-order valence-electron chi connectivity index (χ0n) is 11.0. The van der Waals surface area contributed by atoms with Gasteiger partial charge in [0, 0.05) is 6.54 Å².